The molecule has 0 spiro atoms. The van der Waals surface area contributed by atoms with Crippen molar-refractivity contribution >= 4 is 12.0 Å². The zero-order chi connectivity index (χ0) is 13.5. The Hall–Kier alpha value is -1.42. The van der Waals surface area contributed by atoms with E-state index >= 15 is 0 Å². The predicted molar refractivity (Wildman–Crippen MR) is 70.6 cm³/mol. The molecule has 0 saturated heterocycles. The third kappa shape index (κ3) is 3.07. The van der Waals surface area contributed by atoms with Crippen molar-refractivity contribution in [2.45, 2.75) is 32.7 Å². The van der Waals surface area contributed by atoms with E-state index in [1.165, 1.54) is 6.07 Å². The first-order valence-electron chi connectivity index (χ1n) is 6.30. The van der Waals surface area contributed by atoms with Crippen LogP contribution >= 0.6 is 0 Å². The topological polar surface area (TPSA) is 40.5 Å². The predicted octanol–water partition coefficient (Wildman–Crippen LogP) is 2.63. The van der Waals surface area contributed by atoms with Crippen LogP contribution in [0.3, 0.4) is 0 Å². The van der Waals surface area contributed by atoms with E-state index in [0.29, 0.717) is 18.5 Å². The van der Waals surface area contributed by atoms with Crippen LogP contribution in [0.25, 0.3) is 0 Å². The number of hydrogen-bond donors (Lipinski definition) is 1. The van der Waals surface area contributed by atoms with Gasteiger partial charge >= 0.3 is 0 Å². The average molecular weight is 253 g/mol. The number of aliphatic hydroxyl groups excluding tert-OH is 1. The first kappa shape index (κ1) is 14.6. The lowest BCUT2D eigenvalue weighted by Gasteiger charge is -2.33. The number of rotatable bonds is 7. The van der Waals surface area contributed by atoms with E-state index in [-0.39, 0.29) is 18.2 Å². The maximum absolute atomic E-state index is 13.6. The monoisotopic (exact) mass is 253 g/mol. The van der Waals surface area contributed by atoms with Crippen LogP contribution in [0.15, 0.2) is 18.2 Å². The molecule has 1 aromatic rings. The van der Waals surface area contributed by atoms with Crippen LogP contribution in [0.5, 0.6) is 0 Å². The minimum absolute atomic E-state index is 0.0225. The molecule has 3 nitrogen and oxygen atoms in total. The zero-order valence-electron chi connectivity index (χ0n) is 10.9. The second-order valence-corrected chi connectivity index (χ2v) is 4.18. The molecule has 0 aromatic heterocycles. The molecule has 0 atom stereocenters. The minimum Gasteiger partial charge on any atom is -0.395 e. The van der Waals surface area contributed by atoms with Gasteiger partial charge in [0.05, 0.1) is 17.9 Å². The van der Waals surface area contributed by atoms with E-state index in [4.69, 9.17) is 5.11 Å². The van der Waals surface area contributed by atoms with Crippen molar-refractivity contribution in [3.63, 3.8) is 0 Å². The molecule has 1 N–H and O–H groups in total. The summed E-state index contributed by atoms with van der Waals surface area (Å²) in [7, 11) is 0. The second-order valence-electron chi connectivity index (χ2n) is 4.18. The molecule has 0 unspecified atom stereocenters. The Morgan fingerprint density at radius 3 is 2.56 bits per heavy atom. The third-order valence-electron chi connectivity index (χ3n) is 3.18. The van der Waals surface area contributed by atoms with Gasteiger partial charge in [-0.2, -0.15) is 0 Å². The number of aldehydes is 1. The van der Waals surface area contributed by atoms with Crippen molar-refractivity contribution in [2.24, 2.45) is 0 Å². The lowest BCUT2D eigenvalue weighted by Crippen LogP contribution is -2.37. The summed E-state index contributed by atoms with van der Waals surface area (Å²) in [6.07, 6.45) is 2.30. The highest BCUT2D eigenvalue weighted by molar-refractivity contribution is 5.85. The number of hydrogen-bond acceptors (Lipinski definition) is 3. The van der Waals surface area contributed by atoms with Gasteiger partial charge < -0.3 is 10.0 Å². The highest BCUT2D eigenvalue weighted by atomic mass is 19.1. The highest BCUT2D eigenvalue weighted by Gasteiger charge is 2.19. The van der Waals surface area contributed by atoms with Crippen LogP contribution in [-0.4, -0.2) is 30.6 Å². The Labute approximate surface area is 107 Å². The lowest BCUT2D eigenvalue weighted by atomic mass is 10.1. The second kappa shape index (κ2) is 7.11. The fraction of sp³-hybridized carbons (Fsp3) is 0.500. The Morgan fingerprint density at radius 1 is 1.39 bits per heavy atom. The van der Waals surface area contributed by atoms with Crippen LogP contribution in [0, 0.1) is 5.82 Å². The summed E-state index contributed by atoms with van der Waals surface area (Å²) in [4.78, 5) is 12.9. The van der Waals surface area contributed by atoms with Crippen LogP contribution in [0.4, 0.5) is 10.1 Å². The van der Waals surface area contributed by atoms with E-state index in [1.807, 2.05) is 18.7 Å². The first-order chi connectivity index (χ1) is 8.69. The Bertz CT molecular complexity index is 391. The molecule has 0 fully saturated rings. The quantitative estimate of drug-likeness (QED) is 0.759. The number of nitrogens with zero attached hydrogens (tertiary/aromatic N) is 1. The summed E-state index contributed by atoms with van der Waals surface area (Å²) in [6.45, 7) is 4.46. The number of anilines is 1. The maximum Gasteiger partial charge on any atom is 0.155 e. The van der Waals surface area contributed by atoms with Gasteiger partial charge in [0.25, 0.3) is 0 Å². The molecule has 0 saturated carbocycles. The molecular formula is C14H20FNO2. The van der Waals surface area contributed by atoms with Crippen LogP contribution in [-0.2, 0) is 0 Å². The van der Waals surface area contributed by atoms with Gasteiger partial charge in [-0.15, -0.1) is 0 Å². The van der Waals surface area contributed by atoms with Gasteiger partial charge in [0, 0.05) is 12.6 Å². The van der Waals surface area contributed by atoms with Crippen LogP contribution in [0.2, 0.25) is 0 Å². The van der Waals surface area contributed by atoms with Gasteiger partial charge in [-0.05, 0) is 25.0 Å². The summed E-state index contributed by atoms with van der Waals surface area (Å²) >= 11 is 0. The molecule has 0 aliphatic carbocycles. The van der Waals surface area contributed by atoms with Crippen LogP contribution in [0.1, 0.15) is 37.0 Å². The van der Waals surface area contributed by atoms with Gasteiger partial charge in [-0.25, -0.2) is 4.39 Å². The summed E-state index contributed by atoms with van der Waals surface area (Å²) in [5, 5.41) is 9.15. The molecule has 0 aliphatic heterocycles. The van der Waals surface area contributed by atoms with Gasteiger partial charge in [0.1, 0.15) is 5.82 Å². The van der Waals surface area contributed by atoms with E-state index in [0.717, 1.165) is 12.8 Å². The van der Waals surface area contributed by atoms with Gasteiger partial charge in [-0.3, -0.25) is 4.79 Å². The van der Waals surface area contributed by atoms with E-state index in [9.17, 15) is 9.18 Å². The van der Waals surface area contributed by atoms with Crippen molar-refractivity contribution in [3.05, 3.63) is 29.6 Å². The summed E-state index contributed by atoms with van der Waals surface area (Å²) in [6, 6.07) is 4.78. The Kier molecular flexibility index (Phi) is 5.78. The third-order valence-corrected chi connectivity index (χ3v) is 3.18. The van der Waals surface area contributed by atoms with Crippen molar-refractivity contribution in [1.29, 1.82) is 0 Å². The van der Waals surface area contributed by atoms with Crippen molar-refractivity contribution in [3.8, 4) is 0 Å². The average Bonchev–Trinajstić information content (AvgIpc) is 2.38. The molecule has 18 heavy (non-hydrogen) atoms. The standard InChI is InChI=1S/C14H20FNO2/c1-3-11(4-2)16(8-9-17)14-7-5-6-13(15)12(14)10-18/h5-7,10-11,17H,3-4,8-9H2,1-2H3. The zero-order valence-corrected chi connectivity index (χ0v) is 10.9. The smallest absolute Gasteiger partial charge is 0.155 e. The van der Waals surface area contributed by atoms with Crippen molar-refractivity contribution in [2.75, 3.05) is 18.1 Å². The Balaban J connectivity index is 3.20. The molecule has 0 heterocycles. The maximum atomic E-state index is 13.6. The lowest BCUT2D eigenvalue weighted by molar-refractivity contribution is 0.112. The molecule has 100 valence electrons. The van der Waals surface area contributed by atoms with Crippen LogP contribution < -0.4 is 4.90 Å². The number of aliphatic hydroxyl groups is 1. The van der Waals surface area contributed by atoms with Crippen molar-refractivity contribution in [1.82, 2.24) is 0 Å². The summed E-state index contributed by atoms with van der Waals surface area (Å²) < 4.78 is 13.6. The molecule has 0 radical (unpaired) electrons. The molecule has 1 aromatic carbocycles. The van der Waals surface area contributed by atoms with Gasteiger partial charge in [0.15, 0.2) is 6.29 Å². The van der Waals surface area contributed by atoms with Gasteiger partial charge in [0.2, 0.25) is 0 Å². The SMILES string of the molecule is CCC(CC)N(CCO)c1cccc(F)c1C=O. The fourth-order valence-corrected chi connectivity index (χ4v) is 2.23. The molecular weight excluding hydrogens is 233 g/mol. The van der Waals surface area contributed by atoms with E-state index < -0.39 is 5.82 Å². The van der Waals surface area contributed by atoms with E-state index in [1.54, 1.807) is 12.1 Å². The Morgan fingerprint density at radius 2 is 2.06 bits per heavy atom. The number of carbonyl (C=O) groups excluding carboxylic acids is 1. The molecule has 4 heteroatoms. The summed E-state index contributed by atoms with van der Waals surface area (Å²) in [5.41, 5.74) is 0.630. The van der Waals surface area contributed by atoms with Crippen molar-refractivity contribution < 1.29 is 14.3 Å². The molecule has 1 rings (SSSR count). The molecule has 0 bridgehead atoms. The number of halogens is 1. The fourth-order valence-electron chi connectivity index (χ4n) is 2.23. The number of carbonyl (C=O) groups is 1. The van der Waals surface area contributed by atoms with Gasteiger partial charge in [-0.1, -0.05) is 19.9 Å². The first-order valence-corrected chi connectivity index (χ1v) is 6.30. The van der Waals surface area contributed by atoms with E-state index in [2.05, 4.69) is 0 Å². The minimum atomic E-state index is -0.517. The molecule has 0 aliphatic rings. The number of benzene rings is 1. The normalized spacial score (nSPS) is 10.7. The largest absolute Gasteiger partial charge is 0.395 e. The molecule has 0 amide bonds. The summed E-state index contributed by atoms with van der Waals surface area (Å²) in [5.74, 6) is -0.517. The highest BCUT2D eigenvalue weighted by Crippen LogP contribution is 2.25.